The SMILES string of the molecule is CCCCCC[C@@H](O)C/C=C\CCCCCC(CC(O)CO)(CC(O)CO)C(CC(O)CO)(CC(O)CO)C(=O)O. The number of aliphatic carboxylic acids is 1. The lowest BCUT2D eigenvalue weighted by Gasteiger charge is -2.51. The first-order valence-electron chi connectivity index (χ1n) is 15.2. The van der Waals surface area contributed by atoms with Crippen molar-refractivity contribution in [2.75, 3.05) is 26.4 Å². The molecule has 0 aromatic heterocycles. The minimum absolute atomic E-state index is 0.101. The summed E-state index contributed by atoms with van der Waals surface area (Å²) in [6.07, 6.45) is 4.44. The molecule has 0 spiro atoms. The zero-order chi connectivity index (χ0) is 31.3. The van der Waals surface area contributed by atoms with Crippen LogP contribution < -0.4 is 0 Å². The second-order valence-electron chi connectivity index (χ2n) is 11.6. The van der Waals surface area contributed by atoms with Gasteiger partial charge >= 0.3 is 5.97 Å². The number of allylic oxidation sites excluding steroid dienone is 1. The van der Waals surface area contributed by atoms with Crippen LogP contribution in [0.15, 0.2) is 12.2 Å². The lowest BCUT2D eigenvalue weighted by molar-refractivity contribution is -0.178. The summed E-state index contributed by atoms with van der Waals surface area (Å²) in [5.41, 5.74) is -3.57. The highest BCUT2D eigenvalue weighted by atomic mass is 16.4. The van der Waals surface area contributed by atoms with Gasteiger partial charge in [-0.1, -0.05) is 57.6 Å². The van der Waals surface area contributed by atoms with Crippen LogP contribution in [-0.4, -0.2) is 114 Å². The molecule has 0 aromatic carbocycles. The minimum atomic E-state index is -2.03. The van der Waals surface area contributed by atoms with Crippen molar-refractivity contribution in [1.82, 2.24) is 0 Å². The first-order valence-corrected chi connectivity index (χ1v) is 15.2. The molecule has 0 rings (SSSR count). The van der Waals surface area contributed by atoms with Crippen LogP contribution in [0.25, 0.3) is 0 Å². The van der Waals surface area contributed by atoms with E-state index in [1.807, 2.05) is 12.2 Å². The number of aliphatic hydroxyl groups is 9. The number of carboxylic acid groups (broad SMARTS) is 1. The maximum atomic E-state index is 13.0. The molecule has 0 heterocycles. The summed E-state index contributed by atoms with van der Waals surface area (Å²) in [5.74, 6) is -1.45. The molecule has 10 N–H and O–H groups in total. The van der Waals surface area contributed by atoms with E-state index in [1.54, 1.807) is 0 Å². The van der Waals surface area contributed by atoms with Crippen molar-refractivity contribution in [1.29, 1.82) is 0 Å². The number of carboxylic acids is 1. The van der Waals surface area contributed by atoms with E-state index in [1.165, 1.54) is 6.42 Å². The summed E-state index contributed by atoms with van der Waals surface area (Å²) >= 11 is 0. The summed E-state index contributed by atoms with van der Waals surface area (Å²) in [6.45, 7) is -0.807. The van der Waals surface area contributed by atoms with Gasteiger partial charge in [-0.2, -0.15) is 0 Å². The van der Waals surface area contributed by atoms with Crippen LogP contribution in [0.3, 0.4) is 0 Å². The van der Waals surface area contributed by atoms with Crippen molar-refractivity contribution in [2.45, 2.75) is 134 Å². The van der Waals surface area contributed by atoms with E-state index in [0.717, 1.165) is 38.5 Å². The molecule has 11 nitrogen and oxygen atoms in total. The van der Waals surface area contributed by atoms with Crippen molar-refractivity contribution >= 4 is 5.97 Å². The maximum Gasteiger partial charge on any atom is 0.310 e. The van der Waals surface area contributed by atoms with Gasteiger partial charge in [0.2, 0.25) is 0 Å². The van der Waals surface area contributed by atoms with Crippen molar-refractivity contribution < 1.29 is 55.9 Å². The first kappa shape index (κ1) is 39.8. The third-order valence-electron chi connectivity index (χ3n) is 8.18. The Morgan fingerprint density at radius 1 is 0.634 bits per heavy atom. The van der Waals surface area contributed by atoms with Gasteiger partial charge in [0, 0.05) is 0 Å². The molecular weight excluding hydrogens is 536 g/mol. The molecule has 0 aromatic rings. The standard InChI is InChI=1S/C30H58O11/c1-2-3-4-9-12-23(35)13-10-7-5-6-8-11-14-29(15-24(36)19-31,16-25(37)20-32)30(28(40)41,17-26(38)21-33)18-27(39)22-34/h7,10,23-27,31-39H,2-6,8-9,11-22H2,1H3,(H,40,41)/b10-7-/t23-,24?,25?,26?,27?,29?,30?/m1/s1. The van der Waals surface area contributed by atoms with Gasteiger partial charge in [0.25, 0.3) is 0 Å². The van der Waals surface area contributed by atoms with Gasteiger partial charge in [-0.05, 0) is 63.2 Å². The van der Waals surface area contributed by atoms with E-state index in [9.17, 15) is 55.9 Å². The number of aliphatic hydroxyl groups excluding tert-OH is 9. The van der Waals surface area contributed by atoms with Gasteiger partial charge in [-0.25, -0.2) is 0 Å². The second kappa shape index (κ2) is 22.4. The van der Waals surface area contributed by atoms with Gasteiger partial charge in [0.05, 0.1) is 62.4 Å². The Labute approximate surface area is 245 Å². The van der Waals surface area contributed by atoms with Crippen molar-refractivity contribution in [3.8, 4) is 0 Å². The minimum Gasteiger partial charge on any atom is -0.481 e. The van der Waals surface area contributed by atoms with E-state index in [-0.39, 0.29) is 25.4 Å². The van der Waals surface area contributed by atoms with Crippen LogP contribution in [-0.2, 0) is 4.79 Å². The molecule has 0 saturated heterocycles. The van der Waals surface area contributed by atoms with E-state index in [0.29, 0.717) is 19.3 Å². The van der Waals surface area contributed by atoms with Crippen LogP contribution in [0.2, 0.25) is 0 Å². The van der Waals surface area contributed by atoms with E-state index in [4.69, 9.17) is 0 Å². The fourth-order valence-electron chi connectivity index (χ4n) is 6.00. The molecule has 5 atom stereocenters. The van der Waals surface area contributed by atoms with Crippen LogP contribution >= 0.6 is 0 Å². The highest BCUT2D eigenvalue weighted by Gasteiger charge is 2.58. The molecule has 0 aliphatic carbocycles. The summed E-state index contributed by atoms with van der Waals surface area (Å²) < 4.78 is 0. The van der Waals surface area contributed by atoms with Crippen LogP contribution in [0.5, 0.6) is 0 Å². The Kier molecular flexibility index (Phi) is 21.8. The van der Waals surface area contributed by atoms with E-state index < -0.39 is 80.5 Å². The molecule has 0 aliphatic rings. The third-order valence-corrected chi connectivity index (χ3v) is 8.18. The molecule has 0 amide bonds. The first-order chi connectivity index (χ1) is 19.5. The zero-order valence-electron chi connectivity index (χ0n) is 24.9. The highest BCUT2D eigenvalue weighted by Crippen LogP contribution is 2.56. The number of hydrogen-bond acceptors (Lipinski definition) is 10. The average molecular weight is 595 g/mol. The van der Waals surface area contributed by atoms with Gasteiger partial charge < -0.3 is 51.1 Å². The molecule has 41 heavy (non-hydrogen) atoms. The normalized spacial score (nSPS) is 18.9. The van der Waals surface area contributed by atoms with Gasteiger partial charge in [-0.15, -0.1) is 0 Å². The predicted molar refractivity (Wildman–Crippen MR) is 155 cm³/mol. The smallest absolute Gasteiger partial charge is 0.310 e. The summed E-state index contributed by atoms with van der Waals surface area (Å²) in [6, 6.07) is 0. The Hall–Kier alpha value is -1.15. The molecule has 4 unspecified atom stereocenters. The topological polar surface area (TPSA) is 219 Å². The van der Waals surface area contributed by atoms with Crippen LogP contribution in [0.1, 0.15) is 103 Å². The predicted octanol–water partition coefficient (Wildman–Crippen LogP) is 1.25. The Morgan fingerprint density at radius 2 is 1.12 bits per heavy atom. The summed E-state index contributed by atoms with van der Waals surface area (Å²) in [5, 5.41) is 101. The van der Waals surface area contributed by atoms with E-state index in [2.05, 4.69) is 6.92 Å². The molecule has 0 saturated carbocycles. The number of unbranched alkanes of at least 4 members (excludes halogenated alkanes) is 6. The van der Waals surface area contributed by atoms with Crippen LogP contribution in [0.4, 0.5) is 0 Å². The highest BCUT2D eigenvalue weighted by molar-refractivity contribution is 5.76. The van der Waals surface area contributed by atoms with E-state index >= 15 is 0 Å². The molecule has 0 radical (unpaired) electrons. The maximum absolute atomic E-state index is 13.0. The lowest BCUT2D eigenvalue weighted by Crippen LogP contribution is -2.55. The summed E-state index contributed by atoms with van der Waals surface area (Å²) in [4.78, 5) is 13.0. The second-order valence-corrected chi connectivity index (χ2v) is 11.6. The molecule has 0 aliphatic heterocycles. The van der Waals surface area contributed by atoms with Crippen molar-refractivity contribution in [3.05, 3.63) is 12.2 Å². The molecule has 0 bridgehead atoms. The third kappa shape index (κ3) is 14.7. The van der Waals surface area contributed by atoms with Crippen molar-refractivity contribution in [3.63, 3.8) is 0 Å². The molecule has 244 valence electrons. The quantitative estimate of drug-likeness (QED) is 0.0482. The molecule has 0 fully saturated rings. The van der Waals surface area contributed by atoms with Crippen molar-refractivity contribution in [2.24, 2.45) is 10.8 Å². The van der Waals surface area contributed by atoms with Gasteiger partial charge in [0.1, 0.15) is 0 Å². The van der Waals surface area contributed by atoms with Gasteiger partial charge in [0.15, 0.2) is 0 Å². The lowest BCUT2D eigenvalue weighted by atomic mass is 9.52. The monoisotopic (exact) mass is 594 g/mol. The number of rotatable bonds is 27. The Morgan fingerprint density at radius 3 is 1.59 bits per heavy atom. The average Bonchev–Trinajstić information content (AvgIpc) is 2.95. The largest absolute Gasteiger partial charge is 0.481 e. The fourth-order valence-corrected chi connectivity index (χ4v) is 6.00. The summed E-state index contributed by atoms with van der Waals surface area (Å²) in [7, 11) is 0. The Bertz CT molecular complexity index is 663. The molecular formula is C30H58O11. The molecule has 11 heteroatoms. The number of carbonyl (C=O) groups is 1. The fraction of sp³-hybridized carbons (Fsp3) is 0.900. The number of hydrogen-bond donors (Lipinski definition) is 10. The Balaban J connectivity index is 5.81. The zero-order valence-corrected chi connectivity index (χ0v) is 24.9. The van der Waals surface area contributed by atoms with Crippen LogP contribution in [0, 0.1) is 10.8 Å². The van der Waals surface area contributed by atoms with Gasteiger partial charge in [-0.3, -0.25) is 4.79 Å².